The first kappa shape index (κ1) is 15.8. The molecule has 0 aromatic carbocycles. The zero-order chi connectivity index (χ0) is 15.2. The van der Waals surface area contributed by atoms with Crippen molar-refractivity contribution in [1.82, 2.24) is 9.80 Å². The van der Waals surface area contributed by atoms with Gasteiger partial charge in [0, 0.05) is 18.5 Å². The third-order valence-electron chi connectivity index (χ3n) is 3.38. The molecule has 0 N–H and O–H groups in total. The zero-order valence-corrected chi connectivity index (χ0v) is 13.7. The fourth-order valence-electron chi connectivity index (χ4n) is 2.11. The highest BCUT2D eigenvalue weighted by atomic mass is 32.1. The first-order valence-corrected chi connectivity index (χ1v) is 8.00. The van der Waals surface area contributed by atoms with Crippen LogP contribution in [0.5, 0.6) is 0 Å². The highest BCUT2D eigenvalue weighted by molar-refractivity contribution is 7.09. The van der Waals surface area contributed by atoms with E-state index in [-0.39, 0.29) is 5.91 Å². The van der Waals surface area contributed by atoms with Crippen LogP contribution in [0.3, 0.4) is 0 Å². The normalized spacial score (nSPS) is 11.0. The van der Waals surface area contributed by atoms with Gasteiger partial charge in [0.2, 0.25) is 5.91 Å². The fourth-order valence-corrected chi connectivity index (χ4v) is 2.85. The topological polar surface area (TPSA) is 36.7 Å². The molecule has 2 heterocycles. The van der Waals surface area contributed by atoms with Gasteiger partial charge in [0.15, 0.2) is 0 Å². The van der Waals surface area contributed by atoms with Gasteiger partial charge in [-0.05, 0) is 37.0 Å². The number of amides is 1. The molecule has 0 saturated carbocycles. The van der Waals surface area contributed by atoms with E-state index in [1.165, 1.54) is 4.88 Å². The Bertz CT molecular complexity index is 563. The largest absolute Gasteiger partial charge is 0.464 e. The van der Waals surface area contributed by atoms with Crippen molar-refractivity contribution in [1.29, 1.82) is 0 Å². The second kappa shape index (κ2) is 7.43. The molecule has 0 saturated heterocycles. The number of thiophene rings is 1. The molecule has 2 aromatic rings. The standard InChI is InChI=1S/C16H22N2O2S/c1-4-18(11-15-6-5-9-21-15)12-16(19)17(3)10-14-8-7-13(2)20-14/h5-9H,4,10-12H2,1-3H3. The lowest BCUT2D eigenvalue weighted by molar-refractivity contribution is -0.132. The molecule has 0 aliphatic carbocycles. The van der Waals surface area contributed by atoms with Crippen molar-refractivity contribution in [3.8, 4) is 0 Å². The van der Waals surface area contributed by atoms with Gasteiger partial charge >= 0.3 is 0 Å². The Balaban J connectivity index is 1.86. The van der Waals surface area contributed by atoms with E-state index in [2.05, 4.69) is 23.3 Å². The molecule has 0 aliphatic heterocycles. The summed E-state index contributed by atoms with van der Waals surface area (Å²) >= 11 is 1.73. The van der Waals surface area contributed by atoms with Gasteiger partial charge in [0.05, 0.1) is 13.1 Å². The monoisotopic (exact) mass is 306 g/mol. The molecule has 114 valence electrons. The molecule has 4 nitrogen and oxygen atoms in total. The van der Waals surface area contributed by atoms with Crippen LogP contribution in [0.1, 0.15) is 23.3 Å². The molecule has 0 aliphatic rings. The lowest BCUT2D eigenvalue weighted by Crippen LogP contribution is -2.37. The number of aryl methyl sites for hydroxylation is 1. The molecule has 5 heteroatoms. The maximum atomic E-state index is 12.3. The number of furan rings is 1. The highest BCUT2D eigenvalue weighted by Gasteiger charge is 2.15. The third-order valence-corrected chi connectivity index (χ3v) is 4.24. The number of carbonyl (C=O) groups excluding carboxylic acids is 1. The van der Waals surface area contributed by atoms with Crippen LogP contribution < -0.4 is 0 Å². The first-order valence-electron chi connectivity index (χ1n) is 7.12. The molecule has 21 heavy (non-hydrogen) atoms. The van der Waals surface area contributed by atoms with E-state index in [0.717, 1.165) is 24.6 Å². The molecule has 2 aromatic heterocycles. The molecule has 0 atom stereocenters. The van der Waals surface area contributed by atoms with E-state index in [9.17, 15) is 4.79 Å². The summed E-state index contributed by atoms with van der Waals surface area (Å²) in [5.74, 6) is 1.81. The lowest BCUT2D eigenvalue weighted by atomic mass is 10.3. The predicted octanol–water partition coefficient (Wildman–Crippen LogP) is 3.13. The van der Waals surface area contributed by atoms with Crippen LogP contribution in [0.2, 0.25) is 0 Å². The Labute approximate surface area is 130 Å². The molecule has 0 fully saturated rings. The second-order valence-corrected chi connectivity index (χ2v) is 6.18. The van der Waals surface area contributed by atoms with E-state index in [1.807, 2.05) is 32.2 Å². The van der Waals surface area contributed by atoms with Crippen molar-refractivity contribution < 1.29 is 9.21 Å². The lowest BCUT2D eigenvalue weighted by Gasteiger charge is -2.23. The van der Waals surface area contributed by atoms with Crippen molar-refractivity contribution in [3.05, 3.63) is 46.0 Å². The van der Waals surface area contributed by atoms with Crippen LogP contribution in [0.15, 0.2) is 34.1 Å². The number of nitrogens with zero attached hydrogens (tertiary/aromatic N) is 2. The minimum Gasteiger partial charge on any atom is -0.464 e. The van der Waals surface area contributed by atoms with Gasteiger partial charge in [-0.2, -0.15) is 0 Å². The fraction of sp³-hybridized carbons (Fsp3) is 0.438. The van der Waals surface area contributed by atoms with E-state index in [4.69, 9.17) is 4.42 Å². The third kappa shape index (κ3) is 4.72. The van der Waals surface area contributed by atoms with E-state index in [1.54, 1.807) is 16.2 Å². The van der Waals surface area contributed by atoms with Crippen molar-refractivity contribution in [3.63, 3.8) is 0 Å². The van der Waals surface area contributed by atoms with Gasteiger partial charge in [-0.15, -0.1) is 11.3 Å². The second-order valence-electron chi connectivity index (χ2n) is 5.14. The first-order chi connectivity index (χ1) is 10.1. The summed E-state index contributed by atoms with van der Waals surface area (Å²) in [6, 6.07) is 7.99. The minimum atomic E-state index is 0.113. The van der Waals surface area contributed by atoms with Gasteiger partial charge in [-0.25, -0.2) is 0 Å². The minimum absolute atomic E-state index is 0.113. The van der Waals surface area contributed by atoms with Crippen molar-refractivity contribution in [2.75, 3.05) is 20.1 Å². The van der Waals surface area contributed by atoms with E-state index < -0.39 is 0 Å². The number of hydrogen-bond acceptors (Lipinski definition) is 4. The summed E-state index contributed by atoms with van der Waals surface area (Å²) in [7, 11) is 1.82. The Morgan fingerprint density at radius 1 is 1.29 bits per heavy atom. The molecule has 0 spiro atoms. The Morgan fingerprint density at radius 2 is 2.10 bits per heavy atom. The molecule has 2 rings (SSSR count). The van der Waals surface area contributed by atoms with Gasteiger partial charge in [-0.1, -0.05) is 13.0 Å². The molecule has 0 unspecified atom stereocenters. The molecule has 0 radical (unpaired) electrons. The van der Waals surface area contributed by atoms with Crippen LogP contribution in [0.25, 0.3) is 0 Å². The average Bonchev–Trinajstić information content (AvgIpc) is 3.09. The summed E-state index contributed by atoms with van der Waals surface area (Å²) < 4.78 is 5.52. The van der Waals surface area contributed by atoms with Crippen molar-refractivity contribution in [2.24, 2.45) is 0 Å². The highest BCUT2D eigenvalue weighted by Crippen LogP contribution is 2.12. The smallest absolute Gasteiger partial charge is 0.236 e. The summed E-state index contributed by atoms with van der Waals surface area (Å²) in [6.45, 7) is 6.63. The molecule has 0 bridgehead atoms. The maximum absolute atomic E-state index is 12.3. The summed E-state index contributed by atoms with van der Waals surface area (Å²) in [4.78, 5) is 17.5. The number of hydrogen-bond donors (Lipinski definition) is 0. The average molecular weight is 306 g/mol. The Morgan fingerprint density at radius 3 is 2.67 bits per heavy atom. The number of likely N-dealkylation sites (N-methyl/N-ethyl adjacent to an activating group) is 2. The van der Waals surface area contributed by atoms with Crippen molar-refractivity contribution in [2.45, 2.75) is 26.9 Å². The van der Waals surface area contributed by atoms with E-state index >= 15 is 0 Å². The maximum Gasteiger partial charge on any atom is 0.236 e. The zero-order valence-electron chi connectivity index (χ0n) is 12.8. The van der Waals surface area contributed by atoms with Crippen LogP contribution in [0, 0.1) is 6.92 Å². The van der Waals surface area contributed by atoms with E-state index in [0.29, 0.717) is 13.1 Å². The van der Waals surface area contributed by atoms with Crippen LogP contribution in [-0.4, -0.2) is 35.8 Å². The summed E-state index contributed by atoms with van der Waals surface area (Å²) in [6.07, 6.45) is 0. The predicted molar refractivity (Wildman–Crippen MR) is 85.2 cm³/mol. The summed E-state index contributed by atoms with van der Waals surface area (Å²) in [5, 5.41) is 2.07. The van der Waals surface area contributed by atoms with Crippen molar-refractivity contribution >= 4 is 17.2 Å². The Kier molecular flexibility index (Phi) is 5.59. The van der Waals surface area contributed by atoms with Gasteiger partial charge in [0.25, 0.3) is 0 Å². The van der Waals surface area contributed by atoms with Crippen LogP contribution in [-0.2, 0) is 17.9 Å². The summed E-state index contributed by atoms with van der Waals surface area (Å²) in [5.41, 5.74) is 0. The van der Waals surface area contributed by atoms with Gasteiger partial charge < -0.3 is 9.32 Å². The molecular weight excluding hydrogens is 284 g/mol. The molecular formula is C16H22N2O2S. The van der Waals surface area contributed by atoms with Gasteiger partial charge in [-0.3, -0.25) is 9.69 Å². The number of rotatable bonds is 7. The van der Waals surface area contributed by atoms with Gasteiger partial charge in [0.1, 0.15) is 11.5 Å². The van der Waals surface area contributed by atoms with Crippen LogP contribution in [0.4, 0.5) is 0 Å². The Hall–Kier alpha value is -1.59. The SMILES string of the molecule is CCN(CC(=O)N(C)Cc1ccc(C)o1)Cc1cccs1. The quantitative estimate of drug-likeness (QED) is 0.788. The number of carbonyl (C=O) groups is 1. The molecule has 1 amide bonds. The van der Waals surface area contributed by atoms with Crippen LogP contribution >= 0.6 is 11.3 Å².